The predicted octanol–water partition coefficient (Wildman–Crippen LogP) is 3.61. The van der Waals surface area contributed by atoms with Crippen molar-refractivity contribution < 1.29 is 9.84 Å². The zero-order chi connectivity index (χ0) is 16.2. The lowest BCUT2D eigenvalue weighted by molar-refractivity contribution is 0.301. The molecule has 4 nitrogen and oxygen atoms in total. The largest absolute Gasteiger partial charge is 0.494 e. The molecule has 0 saturated carbocycles. The number of ether oxygens (including phenoxy) is 1. The van der Waals surface area contributed by atoms with E-state index in [0.29, 0.717) is 6.54 Å². The molecule has 2 aromatic heterocycles. The fraction of sp³-hybridized carbons (Fsp3) is 0.278. The maximum absolute atomic E-state index is 9.49. The first kappa shape index (κ1) is 15.8. The fourth-order valence-corrected chi connectivity index (χ4v) is 3.42. The van der Waals surface area contributed by atoms with E-state index in [-0.39, 0.29) is 6.61 Å². The van der Waals surface area contributed by atoms with E-state index in [2.05, 4.69) is 38.8 Å². The van der Waals surface area contributed by atoms with Gasteiger partial charge in [-0.25, -0.2) is 4.98 Å². The number of hydrogen-bond donors (Lipinski definition) is 1. The quantitative estimate of drug-likeness (QED) is 0.751. The van der Waals surface area contributed by atoms with E-state index >= 15 is 0 Å². The second-order valence-corrected chi connectivity index (χ2v) is 6.20. The van der Waals surface area contributed by atoms with Crippen LogP contribution >= 0.6 is 11.3 Å². The Balaban J connectivity index is 2.11. The van der Waals surface area contributed by atoms with Crippen molar-refractivity contribution in [1.29, 1.82) is 0 Å². The lowest BCUT2D eigenvalue weighted by Gasteiger charge is -2.25. The van der Waals surface area contributed by atoms with E-state index in [9.17, 15) is 5.11 Å². The van der Waals surface area contributed by atoms with E-state index in [4.69, 9.17) is 4.74 Å². The third-order valence-electron chi connectivity index (χ3n) is 3.79. The van der Waals surface area contributed by atoms with Crippen LogP contribution in [-0.4, -0.2) is 30.4 Å². The molecule has 0 bridgehead atoms. The molecule has 0 amide bonds. The SMILES string of the molecule is COc1cccc2c(N(CCO)Cc3ccsc3)cc(C)nc12. The molecule has 23 heavy (non-hydrogen) atoms. The van der Waals surface area contributed by atoms with Gasteiger partial charge >= 0.3 is 0 Å². The van der Waals surface area contributed by atoms with Crippen LogP contribution in [0.15, 0.2) is 41.1 Å². The minimum Gasteiger partial charge on any atom is -0.494 e. The summed E-state index contributed by atoms with van der Waals surface area (Å²) in [7, 11) is 1.66. The summed E-state index contributed by atoms with van der Waals surface area (Å²) in [6.45, 7) is 3.43. The Kier molecular flexibility index (Phi) is 4.79. The van der Waals surface area contributed by atoms with Crippen molar-refractivity contribution in [3.63, 3.8) is 0 Å². The monoisotopic (exact) mass is 328 g/mol. The average molecular weight is 328 g/mol. The van der Waals surface area contributed by atoms with Crippen LogP contribution in [0.25, 0.3) is 10.9 Å². The smallest absolute Gasteiger partial charge is 0.145 e. The number of nitrogens with zero attached hydrogens (tertiary/aromatic N) is 2. The van der Waals surface area contributed by atoms with Gasteiger partial charge in [0.1, 0.15) is 11.3 Å². The van der Waals surface area contributed by atoms with Gasteiger partial charge in [0.15, 0.2) is 0 Å². The summed E-state index contributed by atoms with van der Waals surface area (Å²) in [5.41, 5.74) is 4.11. The third-order valence-corrected chi connectivity index (χ3v) is 4.52. The number of rotatable bonds is 6. The molecule has 3 aromatic rings. The van der Waals surface area contributed by atoms with Crippen LogP contribution in [0.4, 0.5) is 5.69 Å². The fourth-order valence-electron chi connectivity index (χ4n) is 2.76. The molecule has 0 aliphatic carbocycles. The Morgan fingerprint density at radius 3 is 2.87 bits per heavy atom. The molecule has 0 aliphatic rings. The molecule has 0 spiro atoms. The second kappa shape index (κ2) is 6.98. The van der Waals surface area contributed by atoms with Crippen LogP contribution in [0.5, 0.6) is 5.75 Å². The number of thiophene rings is 1. The van der Waals surface area contributed by atoms with Crippen molar-refractivity contribution in [3.05, 3.63) is 52.3 Å². The normalized spacial score (nSPS) is 10.9. The van der Waals surface area contributed by atoms with Crippen LogP contribution in [-0.2, 0) is 6.54 Å². The molecule has 3 rings (SSSR count). The maximum Gasteiger partial charge on any atom is 0.145 e. The molecule has 0 aliphatic heterocycles. The number of benzene rings is 1. The molecule has 1 aromatic carbocycles. The number of anilines is 1. The third kappa shape index (κ3) is 3.30. The summed E-state index contributed by atoms with van der Waals surface area (Å²) >= 11 is 1.69. The van der Waals surface area contributed by atoms with E-state index in [1.807, 2.05) is 19.1 Å². The standard InChI is InChI=1S/C18H20N2O2S/c1-13-10-16(15-4-3-5-17(22-2)18(15)19-13)20(7-8-21)11-14-6-9-23-12-14/h3-6,9-10,12,21H,7-8,11H2,1-2H3. The van der Waals surface area contributed by atoms with Crippen molar-refractivity contribution >= 4 is 27.9 Å². The Bertz CT molecular complexity index is 787. The van der Waals surface area contributed by atoms with Crippen molar-refractivity contribution in [3.8, 4) is 5.75 Å². The number of hydrogen-bond acceptors (Lipinski definition) is 5. The topological polar surface area (TPSA) is 45.6 Å². The number of aromatic nitrogens is 1. The van der Waals surface area contributed by atoms with Gasteiger partial charge < -0.3 is 14.7 Å². The summed E-state index contributed by atoms with van der Waals surface area (Å²) in [4.78, 5) is 6.83. The molecule has 0 atom stereocenters. The van der Waals surface area contributed by atoms with Crippen LogP contribution in [0, 0.1) is 6.92 Å². The lowest BCUT2D eigenvalue weighted by atomic mass is 10.1. The van der Waals surface area contributed by atoms with Gasteiger partial charge in [0, 0.05) is 29.9 Å². The summed E-state index contributed by atoms with van der Waals surface area (Å²) in [5, 5.41) is 14.7. The minimum atomic E-state index is 0.108. The summed E-state index contributed by atoms with van der Waals surface area (Å²) < 4.78 is 5.45. The van der Waals surface area contributed by atoms with Crippen molar-refractivity contribution in [2.75, 3.05) is 25.2 Å². The average Bonchev–Trinajstić information content (AvgIpc) is 3.06. The summed E-state index contributed by atoms with van der Waals surface area (Å²) in [6.07, 6.45) is 0. The van der Waals surface area contributed by atoms with E-state index in [0.717, 1.165) is 34.6 Å². The van der Waals surface area contributed by atoms with Crippen LogP contribution in [0.3, 0.4) is 0 Å². The van der Waals surface area contributed by atoms with Gasteiger partial charge in [0.2, 0.25) is 0 Å². The molecule has 120 valence electrons. The minimum absolute atomic E-state index is 0.108. The number of methoxy groups -OCH3 is 1. The van der Waals surface area contributed by atoms with E-state index in [1.165, 1.54) is 5.56 Å². The van der Waals surface area contributed by atoms with Gasteiger partial charge in [0.05, 0.1) is 13.7 Å². The van der Waals surface area contributed by atoms with Gasteiger partial charge in [-0.05, 0) is 41.4 Å². The number of aliphatic hydroxyl groups excluding tert-OH is 1. The molecular formula is C18H20N2O2S. The zero-order valence-corrected chi connectivity index (χ0v) is 14.1. The van der Waals surface area contributed by atoms with Gasteiger partial charge in [-0.15, -0.1) is 0 Å². The second-order valence-electron chi connectivity index (χ2n) is 5.42. The summed E-state index contributed by atoms with van der Waals surface area (Å²) in [6, 6.07) is 10.1. The summed E-state index contributed by atoms with van der Waals surface area (Å²) in [5.74, 6) is 0.770. The van der Waals surface area contributed by atoms with Crippen molar-refractivity contribution in [2.45, 2.75) is 13.5 Å². The van der Waals surface area contributed by atoms with Crippen LogP contribution in [0.2, 0.25) is 0 Å². The number of fused-ring (bicyclic) bond motifs is 1. The van der Waals surface area contributed by atoms with Crippen LogP contribution in [0.1, 0.15) is 11.3 Å². The number of aryl methyl sites for hydroxylation is 1. The van der Waals surface area contributed by atoms with Gasteiger partial charge in [-0.2, -0.15) is 11.3 Å². The molecule has 0 radical (unpaired) electrons. The van der Waals surface area contributed by atoms with Gasteiger partial charge in [-0.3, -0.25) is 0 Å². The molecule has 0 unspecified atom stereocenters. The Hall–Kier alpha value is -2.11. The lowest BCUT2D eigenvalue weighted by Crippen LogP contribution is -2.26. The Labute approximate surface area is 140 Å². The molecule has 0 fully saturated rings. The van der Waals surface area contributed by atoms with Gasteiger partial charge in [0.25, 0.3) is 0 Å². The highest BCUT2D eigenvalue weighted by molar-refractivity contribution is 7.07. The van der Waals surface area contributed by atoms with Gasteiger partial charge in [-0.1, -0.05) is 12.1 Å². The molecule has 0 saturated heterocycles. The van der Waals surface area contributed by atoms with Crippen molar-refractivity contribution in [1.82, 2.24) is 4.98 Å². The first-order valence-electron chi connectivity index (χ1n) is 7.54. The molecule has 1 N–H and O–H groups in total. The van der Waals surface area contributed by atoms with E-state index < -0.39 is 0 Å². The van der Waals surface area contributed by atoms with E-state index in [1.54, 1.807) is 18.4 Å². The number of pyridine rings is 1. The highest BCUT2D eigenvalue weighted by Crippen LogP contribution is 2.32. The predicted molar refractivity (Wildman–Crippen MR) is 95.5 cm³/mol. The van der Waals surface area contributed by atoms with Crippen molar-refractivity contribution in [2.24, 2.45) is 0 Å². The highest BCUT2D eigenvalue weighted by Gasteiger charge is 2.14. The Morgan fingerprint density at radius 1 is 1.30 bits per heavy atom. The zero-order valence-electron chi connectivity index (χ0n) is 13.3. The van der Waals surface area contributed by atoms with Crippen LogP contribution < -0.4 is 9.64 Å². The number of para-hydroxylation sites is 1. The molecule has 2 heterocycles. The first-order valence-corrected chi connectivity index (χ1v) is 8.48. The Morgan fingerprint density at radius 2 is 2.17 bits per heavy atom. The molecular weight excluding hydrogens is 308 g/mol. The highest BCUT2D eigenvalue weighted by atomic mass is 32.1. The maximum atomic E-state index is 9.49. The molecule has 5 heteroatoms. The first-order chi connectivity index (χ1) is 11.2. The number of aliphatic hydroxyl groups is 1.